The molecule has 1 aromatic heterocycles. The van der Waals surface area contributed by atoms with Gasteiger partial charge >= 0.3 is 6.03 Å². The van der Waals surface area contributed by atoms with Crippen LogP contribution in [0.1, 0.15) is 11.1 Å². The Morgan fingerprint density at radius 1 is 1.33 bits per heavy atom. The van der Waals surface area contributed by atoms with Gasteiger partial charge in [-0.2, -0.15) is 0 Å². The van der Waals surface area contributed by atoms with Crippen molar-refractivity contribution in [2.24, 2.45) is 0 Å². The van der Waals surface area contributed by atoms with Gasteiger partial charge in [-0.1, -0.05) is 6.07 Å². The number of nitrogens with one attached hydrogen (secondary N) is 2. The largest absolute Gasteiger partial charge is 0.481 e. The Hall–Kier alpha value is -2.08. The number of hydrogen-bond donors (Lipinski definition) is 2. The van der Waals surface area contributed by atoms with E-state index in [4.69, 9.17) is 4.74 Å². The van der Waals surface area contributed by atoms with Crippen molar-refractivity contribution in [1.82, 2.24) is 10.3 Å². The molecule has 2 N–H and O–H groups in total. The van der Waals surface area contributed by atoms with Crippen LogP contribution in [-0.2, 0) is 6.54 Å². The third-order valence-electron chi connectivity index (χ3n) is 2.83. The summed E-state index contributed by atoms with van der Waals surface area (Å²) >= 11 is 3.42. The predicted molar refractivity (Wildman–Crippen MR) is 85.5 cm³/mol. The summed E-state index contributed by atoms with van der Waals surface area (Å²) in [4.78, 5) is 15.9. The fourth-order valence-electron chi connectivity index (χ4n) is 1.74. The summed E-state index contributed by atoms with van der Waals surface area (Å²) in [6.07, 6.45) is 1.64. The quantitative estimate of drug-likeness (QED) is 0.887. The maximum atomic E-state index is 11.9. The van der Waals surface area contributed by atoms with Crippen LogP contribution in [0.15, 0.2) is 41.0 Å². The molecule has 2 amide bonds. The van der Waals surface area contributed by atoms with E-state index in [-0.39, 0.29) is 6.03 Å². The van der Waals surface area contributed by atoms with Gasteiger partial charge < -0.3 is 15.4 Å². The summed E-state index contributed by atoms with van der Waals surface area (Å²) in [5, 5.41) is 5.58. The fourth-order valence-corrected chi connectivity index (χ4v) is 2.33. The van der Waals surface area contributed by atoms with Crippen molar-refractivity contribution in [3.63, 3.8) is 0 Å². The van der Waals surface area contributed by atoms with Crippen LogP contribution >= 0.6 is 15.9 Å². The monoisotopic (exact) mass is 349 g/mol. The van der Waals surface area contributed by atoms with Gasteiger partial charge in [0, 0.05) is 23.3 Å². The molecule has 0 unspecified atom stereocenters. The van der Waals surface area contributed by atoms with Crippen LogP contribution in [0.4, 0.5) is 10.5 Å². The van der Waals surface area contributed by atoms with E-state index in [1.807, 2.05) is 31.2 Å². The number of hydrogen-bond acceptors (Lipinski definition) is 3. The molecule has 1 aromatic carbocycles. The minimum atomic E-state index is -0.268. The molecule has 0 atom stereocenters. The number of pyridine rings is 1. The zero-order valence-corrected chi connectivity index (χ0v) is 13.4. The maximum absolute atomic E-state index is 11.9. The van der Waals surface area contributed by atoms with Crippen molar-refractivity contribution < 1.29 is 9.53 Å². The van der Waals surface area contributed by atoms with Gasteiger partial charge in [-0.25, -0.2) is 9.78 Å². The Balaban J connectivity index is 1.92. The van der Waals surface area contributed by atoms with Crippen LogP contribution in [-0.4, -0.2) is 18.1 Å². The minimum absolute atomic E-state index is 0.268. The van der Waals surface area contributed by atoms with E-state index in [2.05, 4.69) is 31.5 Å². The number of carbonyl (C=O) groups excluding carboxylic acids is 1. The second kappa shape index (κ2) is 7.08. The summed E-state index contributed by atoms with van der Waals surface area (Å²) in [7, 11) is 1.56. The lowest BCUT2D eigenvalue weighted by Crippen LogP contribution is -2.28. The lowest BCUT2D eigenvalue weighted by molar-refractivity contribution is 0.251. The number of amides is 2. The highest BCUT2D eigenvalue weighted by atomic mass is 79.9. The zero-order valence-electron chi connectivity index (χ0n) is 11.8. The summed E-state index contributed by atoms with van der Waals surface area (Å²) in [5.41, 5.74) is 2.77. The summed E-state index contributed by atoms with van der Waals surface area (Å²) < 4.78 is 5.89. The van der Waals surface area contributed by atoms with Crippen LogP contribution in [0.5, 0.6) is 5.88 Å². The van der Waals surface area contributed by atoms with E-state index in [1.54, 1.807) is 19.4 Å². The molecule has 2 aromatic rings. The summed E-state index contributed by atoms with van der Waals surface area (Å²) in [5.74, 6) is 0.524. The molecule has 0 aliphatic rings. The molecule has 0 spiro atoms. The number of halogens is 1. The number of urea groups is 1. The van der Waals surface area contributed by atoms with Crippen LogP contribution < -0.4 is 15.4 Å². The highest BCUT2D eigenvalue weighted by Gasteiger charge is 2.05. The van der Waals surface area contributed by atoms with Gasteiger partial charge in [0.25, 0.3) is 0 Å². The Labute approximate surface area is 131 Å². The van der Waals surface area contributed by atoms with Gasteiger partial charge in [0.2, 0.25) is 5.88 Å². The first-order valence-corrected chi connectivity index (χ1v) is 7.17. The molecule has 0 aliphatic heterocycles. The third-order valence-corrected chi connectivity index (χ3v) is 3.49. The van der Waals surface area contributed by atoms with Crippen molar-refractivity contribution in [1.29, 1.82) is 0 Å². The Morgan fingerprint density at radius 3 is 2.86 bits per heavy atom. The minimum Gasteiger partial charge on any atom is -0.481 e. The van der Waals surface area contributed by atoms with Gasteiger partial charge in [-0.15, -0.1) is 0 Å². The predicted octanol–water partition coefficient (Wildman–Crippen LogP) is 3.48. The van der Waals surface area contributed by atoms with E-state index >= 15 is 0 Å². The molecule has 5 nitrogen and oxygen atoms in total. The molecular weight excluding hydrogens is 334 g/mol. The lowest BCUT2D eigenvalue weighted by atomic mass is 10.2. The Morgan fingerprint density at radius 2 is 2.14 bits per heavy atom. The molecule has 0 radical (unpaired) electrons. The van der Waals surface area contributed by atoms with E-state index in [1.165, 1.54) is 0 Å². The molecule has 1 heterocycles. The number of nitrogens with zero attached hydrogens (tertiary/aromatic N) is 1. The highest BCUT2D eigenvalue weighted by Crippen LogP contribution is 2.23. The van der Waals surface area contributed by atoms with E-state index in [9.17, 15) is 4.79 Å². The molecule has 0 bridgehead atoms. The topological polar surface area (TPSA) is 63.2 Å². The maximum Gasteiger partial charge on any atom is 0.319 e. The lowest BCUT2D eigenvalue weighted by Gasteiger charge is -2.10. The second-order valence-corrected chi connectivity index (χ2v) is 5.35. The average Bonchev–Trinajstić information content (AvgIpc) is 2.48. The molecule has 0 saturated heterocycles. The first-order valence-electron chi connectivity index (χ1n) is 6.38. The van der Waals surface area contributed by atoms with Crippen molar-refractivity contribution in [2.75, 3.05) is 12.4 Å². The van der Waals surface area contributed by atoms with E-state index in [0.29, 0.717) is 12.4 Å². The zero-order chi connectivity index (χ0) is 15.2. The van der Waals surface area contributed by atoms with Crippen molar-refractivity contribution in [3.05, 3.63) is 52.1 Å². The smallest absolute Gasteiger partial charge is 0.319 e. The summed E-state index contributed by atoms with van der Waals surface area (Å²) in [6.45, 7) is 2.39. The number of carbonyl (C=O) groups is 1. The average molecular weight is 350 g/mol. The molecular formula is C15H16BrN3O2. The number of benzene rings is 1. The third kappa shape index (κ3) is 4.46. The molecule has 0 aliphatic carbocycles. The number of rotatable bonds is 4. The number of aromatic nitrogens is 1. The second-order valence-electron chi connectivity index (χ2n) is 4.50. The van der Waals surface area contributed by atoms with Crippen molar-refractivity contribution >= 4 is 27.6 Å². The molecule has 0 saturated carbocycles. The first-order chi connectivity index (χ1) is 10.1. The van der Waals surface area contributed by atoms with Gasteiger partial charge in [0.1, 0.15) is 0 Å². The van der Waals surface area contributed by atoms with Crippen molar-refractivity contribution in [2.45, 2.75) is 13.5 Å². The highest BCUT2D eigenvalue weighted by molar-refractivity contribution is 9.10. The molecule has 110 valence electrons. The fraction of sp³-hybridized carbons (Fsp3) is 0.200. The van der Waals surface area contributed by atoms with Gasteiger partial charge in [0.15, 0.2) is 0 Å². The van der Waals surface area contributed by atoms with Gasteiger partial charge in [0.05, 0.1) is 12.8 Å². The molecule has 6 heteroatoms. The van der Waals surface area contributed by atoms with Crippen molar-refractivity contribution in [3.8, 4) is 5.88 Å². The van der Waals surface area contributed by atoms with Crippen LogP contribution in [0.2, 0.25) is 0 Å². The van der Waals surface area contributed by atoms with Gasteiger partial charge in [-0.05, 0) is 52.2 Å². The number of anilines is 1. The molecule has 0 fully saturated rings. The van der Waals surface area contributed by atoms with Crippen LogP contribution in [0.25, 0.3) is 0 Å². The number of ether oxygens (including phenoxy) is 1. The number of aryl methyl sites for hydroxylation is 1. The summed E-state index contributed by atoms with van der Waals surface area (Å²) in [6, 6.07) is 9.08. The van der Waals surface area contributed by atoms with E-state index in [0.717, 1.165) is 21.3 Å². The normalized spacial score (nSPS) is 10.0. The molecule has 21 heavy (non-hydrogen) atoms. The standard InChI is InChI=1S/C15H16BrN3O2/c1-10-3-4-13(12(16)7-10)19-15(20)18-9-11-5-6-17-14(8-11)21-2/h3-8H,9H2,1-2H3,(H2,18,19,20). The van der Waals surface area contributed by atoms with Gasteiger partial charge in [-0.3, -0.25) is 0 Å². The Bertz CT molecular complexity index is 647. The number of methoxy groups -OCH3 is 1. The van der Waals surface area contributed by atoms with E-state index < -0.39 is 0 Å². The SMILES string of the molecule is COc1cc(CNC(=O)Nc2ccc(C)cc2Br)ccn1. The van der Waals surface area contributed by atoms with Crippen LogP contribution in [0.3, 0.4) is 0 Å². The Kier molecular flexibility index (Phi) is 5.16. The van der Waals surface area contributed by atoms with Crippen LogP contribution in [0, 0.1) is 6.92 Å². The molecule has 2 rings (SSSR count). The first kappa shape index (κ1) is 15.3.